The second kappa shape index (κ2) is 7.21. The lowest BCUT2D eigenvalue weighted by molar-refractivity contribution is 0.0141. The maximum atomic E-state index is 12.5. The van der Waals surface area contributed by atoms with Crippen LogP contribution in [-0.2, 0) is 10.6 Å². The summed E-state index contributed by atoms with van der Waals surface area (Å²) < 4.78 is 5.35. The van der Waals surface area contributed by atoms with Crippen molar-refractivity contribution >= 4 is 23.6 Å². The average molecular weight is 339 g/mol. The molecule has 1 aliphatic heterocycles. The van der Waals surface area contributed by atoms with Crippen molar-refractivity contribution < 1.29 is 14.3 Å². The first-order chi connectivity index (χ1) is 10.8. The third kappa shape index (κ3) is 4.86. The molecule has 2 amide bonds. The molecule has 0 N–H and O–H groups in total. The number of amides is 2. The molecule has 1 aliphatic rings. The fourth-order valence-electron chi connectivity index (χ4n) is 2.34. The van der Waals surface area contributed by atoms with Gasteiger partial charge in [-0.3, -0.25) is 4.79 Å². The van der Waals surface area contributed by atoms with Crippen LogP contribution >= 0.6 is 11.6 Å². The third-order valence-corrected chi connectivity index (χ3v) is 3.88. The highest BCUT2D eigenvalue weighted by molar-refractivity contribution is 6.17. The molecule has 0 atom stereocenters. The third-order valence-electron chi connectivity index (χ3n) is 3.57. The topological polar surface area (TPSA) is 49.9 Å². The Kier molecular flexibility index (Phi) is 5.52. The molecule has 0 spiro atoms. The summed E-state index contributed by atoms with van der Waals surface area (Å²) in [6.07, 6.45) is -0.323. The first kappa shape index (κ1) is 17.6. The Morgan fingerprint density at radius 3 is 2.04 bits per heavy atom. The van der Waals surface area contributed by atoms with Gasteiger partial charge in [-0.15, -0.1) is 11.6 Å². The molecule has 1 aromatic carbocycles. The normalized spacial score (nSPS) is 15.5. The largest absolute Gasteiger partial charge is 0.444 e. The Morgan fingerprint density at radius 1 is 1.04 bits per heavy atom. The maximum Gasteiger partial charge on any atom is 0.410 e. The van der Waals surface area contributed by atoms with E-state index in [0.717, 1.165) is 5.56 Å². The molecular weight excluding hydrogens is 316 g/mol. The van der Waals surface area contributed by atoms with Crippen LogP contribution in [0.25, 0.3) is 0 Å². The van der Waals surface area contributed by atoms with Gasteiger partial charge in [0.25, 0.3) is 5.91 Å². The summed E-state index contributed by atoms with van der Waals surface area (Å²) in [7, 11) is 0. The van der Waals surface area contributed by atoms with Gasteiger partial charge >= 0.3 is 6.09 Å². The zero-order chi connectivity index (χ0) is 17.0. The molecule has 5 nitrogen and oxygen atoms in total. The van der Waals surface area contributed by atoms with Crippen molar-refractivity contribution in [3.8, 4) is 0 Å². The average Bonchev–Trinajstić information content (AvgIpc) is 2.53. The smallest absolute Gasteiger partial charge is 0.410 e. The molecule has 1 fully saturated rings. The summed E-state index contributed by atoms with van der Waals surface area (Å²) in [5, 5.41) is 0. The molecule has 0 radical (unpaired) electrons. The van der Waals surface area contributed by atoms with Crippen molar-refractivity contribution in [3.63, 3.8) is 0 Å². The number of benzene rings is 1. The first-order valence-corrected chi connectivity index (χ1v) is 8.26. The number of hydrogen-bond acceptors (Lipinski definition) is 3. The van der Waals surface area contributed by atoms with Gasteiger partial charge in [0, 0.05) is 37.6 Å². The van der Waals surface area contributed by atoms with E-state index >= 15 is 0 Å². The van der Waals surface area contributed by atoms with Gasteiger partial charge in [0.2, 0.25) is 0 Å². The summed E-state index contributed by atoms with van der Waals surface area (Å²) in [6, 6.07) is 7.30. The Hall–Kier alpha value is -1.75. The van der Waals surface area contributed by atoms with Gasteiger partial charge in [0.15, 0.2) is 0 Å². The van der Waals surface area contributed by atoms with Crippen LogP contribution < -0.4 is 0 Å². The highest BCUT2D eigenvalue weighted by atomic mass is 35.5. The van der Waals surface area contributed by atoms with Crippen molar-refractivity contribution in [2.24, 2.45) is 0 Å². The minimum absolute atomic E-state index is 0.0186. The van der Waals surface area contributed by atoms with Gasteiger partial charge in [0.1, 0.15) is 5.60 Å². The molecule has 6 heteroatoms. The Balaban J connectivity index is 1.90. The van der Waals surface area contributed by atoms with Gasteiger partial charge in [-0.2, -0.15) is 0 Å². The number of hydrogen-bond donors (Lipinski definition) is 0. The maximum absolute atomic E-state index is 12.5. The highest BCUT2D eigenvalue weighted by Gasteiger charge is 2.27. The van der Waals surface area contributed by atoms with Crippen LogP contribution in [0, 0.1) is 0 Å². The molecule has 1 aromatic rings. The van der Waals surface area contributed by atoms with Crippen LogP contribution in [0.5, 0.6) is 0 Å². The van der Waals surface area contributed by atoms with E-state index in [1.54, 1.807) is 21.9 Å². The second-order valence-electron chi connectivity index (χ2n) is 6.59. The molecule has 1 saturated heterocycles. The van der Waals surface area contributed by atoms with E-state index in [4.69, 9.17) is 16.3 Å². The van der Waals surface area contributed by atoms with Crippen molar-refractivity contribution in [1.29, 1.82) is 0 Å². The van der Waals surface area contributed by atoms with Crippen LogP contribution in [0.3, 0.4) is 0 Å². The number of carbonyl (C=O) groups is 2. The van der Waals surface area contributed by atoms with Crippen LogP contribution in [-0.4, -0.2) is 53.6 Å². The van der Waals surface area contributed by atoms with E-state index < -0.39 is 5.60 Å². The molecule has 0 aliphatic carbocycles. The second-order valence-corrected chi connectivity index (χ2v) is 6.86. The minimum atomic E-state index is -0.506. The number of halogens is 1. The van der Waals surface area contributed by atoms with Crippen molar-refractivity contribution in [2.75, 3.05) is 26.2 Å². The predicted molar refractivity (Wildman–Crippen MR) is 89.7 cm³/mol. The van der Waals surface area contributed by atoms with Crippen LogP contribution in [0.15, 0.2) is 24.3 Å². The summed E-state index contributed by atoms with van der Waals surface area (Å²) >= 11 is 5.75. The quantitative estimate of drug-likeness (QED) is 0.778. The molecule has 0 unspecified atom stereocenters. The van der Waals surface area contributed by atoms with E-state index in [1.807, 2.05) is 32.9 Å². The van der Waals surface area contributed by atoms with Gasteiger partial charge < -0.3 is 14.5 Å². The number of ether oxygens (including phenoxy) is 1. The summed E-state index contributed by atoms with van der Waals surface area (Å²) in [6.45, 7) is 7.52. The van der Waals surface area contributed by atoms with E-state index in [2.05, 4.69) is 0 Å². The monoisotopic (exact) mass is 338 g/mol. The van der Waals surface area contributed by atoms with Crippen LogP contribution in [0.4, 0.5) is 4.79 Å². The molecule has 0 bridgehead atoms. The van der Waals surface area contributed by atoms with Gasteiger partial charge in [-0.25, -0.2) is 4.79 Å². The van der Waals surface area contributed by atoms with E-state index in [-0.39, 0.29) is 12.0 Å². The zero-order valence-corrected chi connectivity index (χ0v) is 14.6. The molecular formula is C17H23ClN2O3. The summed E-state index contributed by atoms with van der Waals surface area (Å²) in [5.74, 6) is 0.415. The van der Waals surface area contributed by atoms with E-state index in [1.165, 1.54) is 0 Å². The predicted octanol–water partition coefficient (Wildman–Crippen LogP) is 3.12. The lowest BCUT2D eigenvalue weighted by Crippen LogP contribution is -2.51. The molecule has 23 heavy (non-hydrogen) atoms. The highest BCUT2D eigenvalue weighted by Crippen LogP contribution is 2.14. The van der Waals surface area contributed by atoms with E-state index in [0.29, 0.717) is 37.6 Å². The van der Waals surface area contributed by atoms with E-state index in [9.17, 15) is 9.59 Å². The summed E-state index contributed by atoms with van der Waals surface area (Å²) in [4.78, 5) is 27.9. The minimum Gasteiger partial charge on any atom is -0.444 e. The van der Waals surface area contributed by atoms with Gasteiger partial charge in [-0.05, 0) is 38.5 Å². The molecule has 0 aromatic heterocycles. The SMILES string of the molecule is CC(C)(C)OC(=O)N1CCN(C(=O)c2ccc(CCl)cc2)CC1. The standard InChI is InChI=1S/C17H23ClN2O3/c1-17(2,3)23-16(22)20-10-8-19(9-11-20)15(21)14-6-4-13(12-18)5-7-14/h4-7H,8-12H2,1-3H3. The fourth-order valence-corrected chi connectivity index (χ4v) is 2.52. The number of piperazine rings is 1. The summed E-state index contributed by atoms with van der Waals surface area (Å²) in [5.41, 5.74) is 1.12. The number of alkyl halides is 1. The molecule has 126 valence electrons. The van der Waals surface area contributed by atoms with Gasteiger partial charge in [-0.1, -0.05) is 12.1 Å². The van der Waals surface area contributed by atoms with Crippen molar-refractivity contribution in [1.82, 2.24) is 9.80 Å². The molecule has 2 rings (SSSR count). The van der Waals surface area contributed by atoms with Crippen LogP contribution in [0.1, 0.15) is 36.7 Å². The molecule has 0 saturated carbocycles. The number of rotatable bonds is 2. The number of carbonyl (C=O) groups excluding carboxylic acids is 2. The Bertz CT molecular complexity index is 558. The lowest BCUT2D eigenvalue weighted by atomic mass is 10.1. The Morgan fingerprint density at radius 2 is 1.57 bits per heavy atom. The van der Waals surface area contributed by atoms with Crippen molar-refractivity contribution in [3.05, 3.63) is 35.4 Å². The fraction of sp³-hybridized carbons (Fsp3) is 0.529. The zero-order valence-electron chi connectivity index (χ0n) is 13.8. The van der Waals surface area contributed by atoms with Gasteiger partial charge in [0.05, 0.1) is 0 Å². The number of nitrogens with zero attached hydrogens (tertiary/aromatic N) is 2. The van der Waals surface area contributed by atoms with Crippen molar-refractivity contribution in [2.45, 2.75) is 32.3 Å². The Labute approximate surface area is 142 Å². The van der Waals surface area contributed by atoms with Crippen LogP contribution in [0.2, 0.25) is 0 Å². The molecule has 1 heterocycles. The first-order valence-electron chi connectivity index (χ1n) is 7.72. The lowest BCUT2D eigenvalue weighted by Gasteiger charge is -2.35.